The summed E-state index contributed by atoms with van der Waals surface area (Å²) in [7, 11) is 0. The number of cyclic esters (lactones) is 1. The maximum atomic E-state index is 13.8. The summed E-state index contributed by atoms with van der Waals surface area (Å²) >= 11 is 5.82. The lowest BCUT2D eigenvalue weighted by Crippen LogP contribution is -2.49. The summed E-state index contributed by atoms with van der Waals surface area (Å²) in [4.78, 5) is 11.6. The second-order valence-electron chi connectivity index (χ2n) is 5.75. The number of hydrogen-bond donors (Lipinski definition) is 1. The molecule has 1 aromatic rings. The number of unbranched alkanes of at least 4 members (excludes halogenated alkanes) is 4. The van der Waals surface area contributed by atoms with Gasteiger partial charge < -0.3 is 4.74 Å². The standard InChI is InChI=1S/C19H17ClF3NO2/c1-2-3-4-5-6-7-8-9-12-18(19(21,22)23)15-13-14(20)10-11-16(15)24-17(25)26-18/h10-11,13H,2-6H2,1H3,(H,24,25)/t18-/m0/s1. The van der Waals surface area contributed by atoms with Crippen molar-refractivity contribution in [3.8, 4) is 23.7 Å². The van der Waals surface area contributed by atoms with E-state index in [0.29, 0.717) is 6.42 Å². The molecule has 0 saturated carbocycles. The third kappa shape index (κ3) is 4.45. The fraction of sp³-hybridized carbons (Fsp3) is 0.421. The summed E-state index contributed by atoms with van der Waals surface area (Å²) in [5.41, 5.74) is -3.52. The van der Waals surface area contributed by atoms with Gasteiger partial charge in [0, 0.05) is 17.0 Å². The third-order valence-corrected chi connectivity index (χ3v) is 4.02. The van der Waals surface area contributed by atoms with E-state index in [9.17, 15) is 18.0 Å². The molecule has 0 fully saturated rings. The predicted molar refractivity (Wildman–Crippen MR) is 93.6 cm³/mol. The third-order valence-electron chi connectivity index (χ3n) is 3.79. The Morgan fingerprint density at radius 1 is 1.23 bits per heavy atom. The fourth-order valence-corrected chi connectivity index (χ4v) is 2.66. The highest BCUT2D eigenvalue weighted by Gasteiger charge is 2.62. The summed E-state index contributed by atoms with van der Waals surface area (Å²) < 4.78 is 46.0. The van der Waals surface area contributed by atoms with E-state index in [0.717, 1.165) is 31.7 Å². The molecule has 1 heterocycles. The molecule has 1 amide bonds. The molecule has 0 unspecified atom stereocenters. The molecule has 26 heavy (non-hydrogen) atoms. The number of fused-ring (bicyclic) bond motifs is 1. The SMILES string of the molecule is CCCCCCC#CC#C[C@]1(C(F)(F)F)OC(=O)Nc2ccc(Cl)cc21. The first-order valence-electron chi connectivity index (χ1n) is 8.17. The Hall–Kier alpha value is -2.31. The van der Waals surface area contributed by atoms with Gasteiger partial charge in [0.05, 0.1) is 5.69 Å². The Kier molecular flexibility index (Phi) is 6.45. The van der Waals surface area contributed by atoms with E-state index >= 15 is 0 Å². The van der Waals surface area contributed by atoms with Gasteiger partial charge in [-0.15, -0.1) is 0 Å². The molecule has 0 spiro atoms. The van der Waals surface area contributed by atoms with Crippen molar-refractivity contribution in [3.05, 3.63) is 28.8 Å². The number of carbonyl (C=O) groups is 1. The van der Waals surface area contributed by atoms with Gasteiger partial charge in [0.15, 0.2) is 0 Å². The zero-order chi connectivity index (χ0) is 19.2. The molecule has 1 aliphatic heterocycles. The molecule has 2 rings (SSSR count). The highest BCUT2D eigenvalue weighted by Crippen LogP contribution is 2.47. The fourth-order valence-electron chi connectivity index (χ4n) is 2.49. The van der Waals surface area contributed by atoms with Crippen LogP contribution in [0.15, 0.2) is 18.2 Å². The van der Waals surface area contributed by atoms with Gasteiger partial charge in [-0.3, -0.25) is 5.32 Å². The first-order valence-corrected chi connectivity index (χ1v) is 8.54. The number of rotatable bonds is 4. The van der Waals surface area contributed by atoms with E-state index in [2.05, 4.69) is 34.7 Å². The van der Waals surface area contributed by atoms with Crippen LogP contribution in [0.4, 0.5) is 23.7 Å². The van der Waals surface area contributed by atoms with E-state index in [1.807, 2.05) is 5.92 Å². The van der Waals surface area contributed by atoms with E-state index in [-0.39, 0.29) is 16.3 Å². The molecule has 3 nitrogen and oxygen atoms in total. The van der Waals surface area contributed by atoms with Crippen LogP contribution in [0.2, 0.25) is 5.02 Å². The van der Waals surface area contributed by atoms with Crippen molar-refractivity contribution in [1.29, 1.82) is 0 Å². The molecule has 0 aliphatic carbocycles. The molecule has 1 aromatic carbocycles. The Morgan fingerprint density at radius 2 is 2.00 bits per heavy atom. The van der Waals surface area contributed by atoms with Crippen molar-refractivity contribution in [2.75, 3.05) is 5.32 Å². The largest absolute Gasteiger partial charge is 0.445 e. The zero-order valence-electron chi connectivity index (χ0n) is 14.1. The molecule has 0 aromatic heterocycles. The first kappa shape index (κ1) is 20.0. The van der Waals surface area contributed by atoms with Crippen molar-refractivity contribution in [2.24, 2.45) is 0 Å². The van der Waals surface area contributed by atoms with Gasteiger partial charge in [0.25, 0.3) is 5.60 Å². The van der Waals surface area contributed by atoms with Crippen LogP contribution in [0.3, 0.4) is 0 Å². The molecule has 1 aliphatic rings. The van der Waals surface area contributed by atoms with E-state index in [4.69, 9.17) is 11.6 Å². The Bertz CT molecular complexity index is 799. The minimum atomic E-state index is -4.96. The van der Waals surface area contributed by atoms with Crippen molar-refractivity contribution in [1.82, 2.24) is 0 Å². The maximum Gasteiger partial charge on any atom is 0.445 e. The number of amides is 1. The lowest BCUT2D eigenvalue weighted by atomic mass is 9.90. The van der Waals surface area contributed by atoms with Crippen LogP contribution in [0.1, 0.15) is 44.6 Å². The van der Waals surface area contributed by atoms with Crippen LogP contribution in [-0.2, 0) is 10.3 Å². The minimum absolute atomic E-state index is 0.0511. The van der Waals surface area contributed by atoms with Crippen LogP contribution in [0, 0.1) is 23.7 Å². The van der Waals surface area contributed by atoms with E-state index < -0.39 is 17.9 Å². The lowest BCUT2D eigenvalue weighted by molar-refractivity contribution is -0.239. The van der Waals surface area contributed by atoms with Crippen LogP contribution >= 0.6 is 11.6 Å². The number of halogens is 4. The highest BCUT2D eigenvalue weighted by atomic mass is 35.5. The Labute approximate surface area is 155 Å². The van der Waals surface area contributed by atoms with Crippen LogP contribution in [0.5, 0.6) is 0 Å². The van der Waals surface area contributed by atoms with Crippen molar-refractivity contribution in [3.63, 3.8) is 0 Å². The topological polar surface area (TPSA) is 38.3 Å². The van der Waals surface area contributed by atoms with Crippen molar-refractivity contribution >= 4 is 23.4 Å². The predicted octanol–water partition coefficient (Wildman–Crippen LogP) is 5.64. The normalized spacial score (nSPS) is 18.4. The van der Waals surface area contributed by atoms with Gasteiger partial charge in [-0.25, -0.2) is 4.79 Å². The van der Waals surface area contributed by atoms with E-state index in [1.165, 1.54) is 12.1 Å². The number of nitrogens with one attached hydrogen (secondary N) is 1. The summed E-state index contributed by atoms with van der Waals surface area (Å²) in [6.45, 7) is 2.08. The molecular formula is C19H17ClF3NO2. The molecule has 0 saturated heterocycles. The van der Waals surface area contributed by atoms with Gasteiger partial charge in [-0.2, -0.15) is 13.2 Å². The second kappa shape index (κ2) is 8.38. The van der Waals surface area contributed by atoms with Gasteiger partial charge in [0.1, 0.15) is 0 Å². The highest BCUT2D eigenvalue weighted by molar-refractivity contribution is 6.30. The second-order valence-corrected chi connectivity index (χ2v) is 6.18. The molecule has 0 radical (unpaired) electrons. The zero-order valence-corrected chi connectivity index (χ0v) is 14.9. The van der Waals surface area contributed by atoms with Crippen molar-refractivity contribution < 1.29 is 22.7 Å². The van der Waals surface area contributed by atoms with Gasteiger partial charge >= 0.3 is 12.3 Å². The monoisotopic (exact) mass is 383 g/mol. The smallest absolute Gasteiger partial charge is 0.415 e. The molecule has 138 valence electrons. The van der Waals surface area contributed by atoms with Crippen LogP contribution in [-0.4, -0.2) is 12.3 Å². The molecule has 1 atom stereocenters. The van der Waals surface area contributed by atoms with Crippen molar-refractivity contribution in [2.45, 2.75) is 50.8 Å². The number of ether oxygens (including phenoxy) is 1. The lowest BCUT2D eigenvalue weighted by Gasteiger charge is -2.35. The molecular weight excluding hydrogens is 367 g/mol. The molecule has 0 bridgehead atoms. The summed E-state index contributed by atoms with van der Waals surface area (Å²) in [5.74, 6) is 9.33. The summed E-state index contributed by atoms with van der Waals surface area (Å²) in [5, 5.41) is 2.29. The molecule has 1 N–H and O–H groups in total. The summed E-state index contributed by atoms with van der Waals surface area (Å²) in [6.07, 6.45) is -1.59. The van der Waals surface area contributed by atoms with Crippen LogP contribution in [0.25, 0.3) is 0 Å². The first-order chi connectivity index (χ1) is 12.3. The maximum absolute atomic E-state index is 13.8. The molecule has 7 heteroatoms. The number of alkyl halides is 3. The van der Waals surface area contributed by atoms with Gasteiger partial charge in [-0.05, 0) is 42.4 Å². The average molecular weight is 384 g/mol. The van der Waals surface area contributed by atoms with Crippen LogP contribution < -0.4 is 5.32 Å². The summed E-state index contributed by atoms with van der Waals surface area (Å²) in [6, 6.07) is 3.73. The number of hydrogen-bond acceptors (Lipinski definition) is 2. The number of carbonyl (C=O) groups excluding carboxylic acids is 1. The number of benzene rings is 1. The Balaban J connectivity index is 2.35. The Morgan fingerprint density at radius 3 is 2.69 bits per heavy atom. The number of anilines is 1. The van der Waals surface area contributed by atoms with Gasteiger partial charge in [-0.1, -0.05) is 43.7 Å². The quantitative estimate of drug-likeness (QED) is 0.540. The van der Waals surface area contributed by atoms with Gasteiger partial charge in [0.2, 0.25) is 0 Å². The average Bonchev–Trinajstić information content (AvgIpc) is 2.56. The van der Waals surface area contributed by atoms with E-state index in [1.54, 1.807) is 0 Å². The minimum Gasteiger partial charge on any atom is -0.415 e.